The molecular weight excluding hydrogens is 1070 g/mol. The number of carbonyl (C=O) groups excluding carboxylic acids is 8. The highest BCUT2D eigenvalue weighted by Crippen LogP contribution is 2.23. The molecule has 3 aromatic carbocycles. The van der Waals surface area contributed by atoms with Crippen LogP contribution in [0.1, 0.15) is 103 Å². The largest absolute Gasteiger partial charge is 0.508 e. The lowest BCUT2D eigenvalue weighted by Crippen LogP contribution is -2.61. The average molecular weight is 1150 g/mol. The van der Waals surface area contributed by atoms with Gasteiger partial charge in [-0.3, -0.25) is 38.4 Å². The number of rotatable bonds is 32. The molecule has 0 unspecified atom stereocenters. The molecule has 452 valence electrons. The molecule has 2 heterocycles. The molecule has 0 aliphatic carbocycles. The summed E-state index contributed by atoms with van der Waals surface area (Å²) in [4.78, 5) is 130. The first-order chi connectivity index (χ1) is 39.5. The van der Waals surface area contributed by atoms with Crippen molar-refractivity contribution in [3.8, 4) is 5.75 Å². The van der Waals surface area contributed by atoms with Crippen molar-refractivity contribution in [3.63, 3.8) is 0 Å². The minimum absolute atomic E-state index is 0.0208. The number of unbranched alkanes of at least 4 members (excludes halogenated alkanes) is 1. The number of aliphatic carboxylic acids is 1. The van der Waals surface area contributed by atoms with Gasteiger partial charge in [0, 0.05) is 42.9 Å². The molecule has 9 atom stereocenters. The summed E-state index contributed by atoms with van der Waals surface area (Å²) >= 11 is 0. The zero-order valence-electron chi connectivity index (χ0n) is 48.3. The summed E-state index contributed by atoms with van der Waals surface area (Å²) in [5.41, 5.74) is 14.2. The van der Waals surface area contributed by atoms with E-state index in [0.717, 1.165) is 10.9 Å². The minimum atomic E-state index is -1.71. The Labute approximate surface area is 484 Å². The van der Waals surface area contributed by atoms with Gasteiger partial charge >= 0.3 is 5.97 Å². The Morgan fingerprint density at radius 1 is 0.614 bits per heavy atom. The van der Waals surface area contributed by atoms with Crippen molar-refractivity contribution >= 4 is 64.1 Å². The van der Waals surface area contributed by atoms with Crippen molar-refractivity contribution in [2.75, 3.05) is 19.7 Å². The van der Waals surface area contributed by atoms with Crippen molar-refractivity contribution in [1.82, 2.24) is 47.1 Å². The van der Waals surface area contributed by atoms with E-state index >= 15 is 0 Å². The van der Waals surface area contributed by atoms with Gasteiger partial charge in [0.05, 0.1) is 12.6 Å². The van der Waals surface area contributed by atoms with Crippen LogP contribution in [0.5, 0.6) is 5.75 Å². The quantitative estimate of drug-likeness (QED) is 0.0309. The summed E-state index contributed by atoms with van der Waals surface area (Å²) in [5.74, 6) is -7.67. The summed E-state index contributed by atoms with van der Waals surface area (Å²) in [6.45, 7) is 10.6. The third-order valence-electron chi connectivity index (χ3n) is 14.5. The standard InChI is InChI=1S/C60H85N11O12/c1-34(2)27-42(62)52(74)65-45(28-35(3)4)56(78)70-51(36(5)6)59(81)71-26-14-20-50(71)58(80)68-47(30-38-21-23-40(73)24-22-38)53(75)66-46(29-37-15-8-7-9-16-37)54(76)69-49(33-72)57(79)67-48(31-39-32-63-43-18-11-10-17-41(39)43)55(77)64-44(60(82)83)19-12-13-25-61/h7-11,15-18,21-24,32,34-36,42,44-51,63,72-73H,12-14,19-20,25-31,33,61-62H2,1-6H3,(H,64,77)(H,65,74)(H,66,75)(H,67,79)(H,68,80)(H,69,76)(H,70,78)(H,82,83)/t42-,44-,45-,46-,47-,48-,49-,50-,51-/m0/s1. The Bertz CT molecular complexity index is 2830. The Hall–Kier alpha value is -7.89. The van der Waals surface area contributed by atoms with Crippen LogP contribution in [0.15, 0.2) is 85.1 Å². The molecule has 0 spiro atoms. The molecule has 0 radical (unpaired) electrons. The first-order valence-corrected chi connectivity index (χ1v) is 28.6. The van der Waals surface area contributed by atoms with E-state index in [0.29, 0.717) is 48.9 Å². The van der Waals surface area contributed by atoms with Crippen LogP contribution in [0.25, 0.3) is 10.9 Å². The summed E-state index contributed by atoms with van der Waals surface area (Å²) in [7, 11) is 0. The number of benzene rings is 3. The number of amides is 8. The number of para-hydroxylation sites is 1. The number of fused-ring (bicyclic) bond motifs is 1. The highest BCUT2D eigenvalue weighted by molar-refractivity contribution is 5.99. The second-order valence-corrected chi connectivity index (χ2v) is 22.6. The van der Waals surface area contributed by atoms with Crippen LogP contribution in [0.3, 0.4) is 0 Å². The number of H-pyrrole nitrogens is 1. The Morgan fingerprint density at radius 3 is 1.73 bits per heavy atom. The average Bonchev–Trinajstić information content (AvgIpc) is 4.29. The number of carboxylic acid groups (broad SMARTS) is 1. The first-order valence-electron chi connectivity index (χ1n) is 28.6. The topological polar surface area (TPSA) is 370 Å². The number of hydrogen-bond donors (Lipinski definition) is 13. The minimum Gasteiger partial charge on any atom is -0.508 e. The number of nitrogens with two attached hydrogens (primary N) is 2. The fourth-order valence-corrected chi connectivity index (χ4v) is 10.0. The second kappa shape index (κ2) is 32.1. The predicted molar refractivity (Wildman–Crippen MR) is 312 cm³/mol. The first kappa shape index (κ1) is 65.9. The van der Waals surface area contributed by atoms with Gasteiger partial charge in [-0.25, -0.2) is 4.79 Å². The molecule has 83 heavy (non-hydrogen) atoms. The highest BCUT2D eigenvalue weighted by atomic mass is 16.4. The van der Waals surface area contributed by atoms with Crippen molar-refractivity contribution in [1.29, 1.82) is 0 Å². The molecule has 1 aliphatic heterocycles. The lowest BCUT2D eigenvalue weighted by Gasteiger charge is -2.32. The number of aromatic nitrogens is 1. The maximum absolute atomic E-state index is 14.7. The molecule has 1 aromatic heterocycles. The zero-order chi connectivity index (χ0) is 60.9. The number of aromatic hydroxyl groups is 1. The third-order valence-corrected chi connectivity index (χ3v) is 14.5. The van der Waals surface area contributed by atoms with E-state index in [4.69, 9.17) is 11.5 Å². The zero-order valence-corrected chi connectivity index (χ0v) is 48.3. The van der Waals surface area contributed by atoms with E-state index in [1.54, 1.807) is 74.6 Å². The van der Waals surface area contributed by atoms with Gasteiger partial charge in [-0.15, -0.1) is 0 Å². The van der Waals surface area contributed by atoms with Crippen molar-refractivity contribution in [2.24, 2.45) is 29.2 Å². The van der Waals surface area contributed by atoms with Gasteiger partial charge in [-0.05, 0) is 104 Å². The van der Waals surface area contributed by atoms with Crippen LogP contribution in [-0.2, 0) is 62.4 Å². The van der Waals surface area contributed by atoms with Gasteiger partial charge in [-0.2, -0.15) is 0 Å². The number of aliphatic hydroxyl groups is 1. The van der Waals surface area contributed by atoms with Gasteiger partial charge in [0.25, 0.3) is 0 Å². The van der Waals surface area contributed by atoms with Crippen LogP contribution in [0.2, 0.25) is 0 Å². The summed E-state index contributed by atoms with van der Waals surface area (Å²) < 4.78 is 0. The number of hydrogen-bond acceptors (Lipinski definition) is 13. The smallest absolute Gasteiger partial charge is 0.326 e. The number of phenolic OH excluding ortho intramolecular Hbond substituents is 1. The van der Waals surface area contributed by atoms with Gasteiger partial charge in [0.15, 0.2) is 0 Å². The molecule has 4 aromatic rings. The van der Waals surface area contributed by atoms with E-state index in [1.165, 1.54) is 17.0 Å². The molecule has 8 amide bonds. The third kappa shape index (κ3) is 19.9. The summed E-state index contributed by atoms with van der Waals surface area (Å²) in [5, 5.41) is 50.3. The van der Waals surface area contributed by atoms with Crippen LogP contribution >= 0.6 is 0 Å². The maximum atomic E-state index is 14.7. The molecule has 23 nitrogen and oxygen atoms in total. The Kier molecular flexibility index (Phi) is 25.5. The van der Waals surface area contributed by atoms with E-state index in [-0.39, 0.29) is 62.7 Å². The van der Waals surface area contributed by atoms with Crippen molar-refractivity contribution in [3.05, 3.63) is 102 Å². The van der Waals surface area contributed by atoms with E-state index in [1.807, 2.05) is 39.8 Å². The second-order valence-electron chi connectivity index (χ2n) is 22.6. The van der Waals surface area contributed by atoms with Crippen LogP contribution in [0.4, 0.5) is 0 Å². The number of nitrogens with zero attached hydrogens (tertiary/aromatic N) is 1. The molecular formula is C60H85N11O12. The molecule has 1 saturated heterocycles. The fourth-order valence-electron chi connectivity index (χ4n) is 10.0. The Morgan fingerprint density at radius 2 is 1.14 bits per heavy atom. The normalized spacial score (nSPS) is 16.2. The Balaban J connectivity index is 1.38. The van der Waals surface area contributed by atoms with Crippen LogP contribution < -0.4 is 48.7 Å². The number of nitrogens with one attached hydrogen (secondary N) is 8. The lowest BCUT2D eigenvalue weighted by atomic mass is 9.98. The van der Waals surface area contributed by atoms with E-state index < -0.39 is 120 Å². The van der Waals surface area contributed by atoms with Crippen LogP contribution in [-0.4, -0.2) is 153 Å². The van der Waals surface area contributed by atoms with Gasteiger partial charge in [-0.1, -0.05) is 102 Å². The number of likely N-dealkylation sites (tertiary alicyclic amines) is 1. The van der Waals surface area contributed by atoms with E-state index in [9.17, 15) is 58.5 Å². The molecule has 1 aliphatic rings. The molecule has 1 fully saturated rings. The number of phenols is 1. The molecule has 23 heteroatoms. The predicted octanol–water partition coefficient (Wildman–Crippen LogP) is 1.57. The monoisotopic (exact) mass is 1150 g/mol. The number of aromatic amines is 1. The molecule has 0 bridgehead atoms. The number of carboxylic acids is 1. The van der Waals surface area contributed by atoms with Crippen LogP contribution in [0, 0.1) is 17.8 Å². The number of aliphatic hydroxyl groups excluding tert-OH is 1. The molecule has 5 rings (SSSR count). The highest BCUT2D eigenvalue weighted by Gasteiger charge is 2.41. The summed E-state index contributed by atoms with van der Waals surface area (Å²) in [6, 6.07) is 10.3. The molecule has 0 saturated carbocycles. The van der Waals surface area contributed by atoms with Gasteiger partial charge in [0.1, 0.15) is 54.1 Å². The summed E-state index contributed by atoms with van der Waals surface area (Å²) in [6.07, 6.45) is 3.46. The number of carbonyl (C=O) groups is 9. The molecule has 15 N–H and O–H groups in total. The lowest BCUT2D eigenvalue weighted by molar-refractivity contribution is -0.143. The van der Waals surface area contributed by atoms with E-state index in [2.05, 4.69) is 42.2 Å². The fraction of sp³-hybridized carbons (Fsp3) is 0.517. The van der Waals surface area contributed by atoms with Gasteiger partial charge < -0.3 is 73.9 Å². The maximum Gasteiger partial charge on any atom is 0.326 e. The SMILES string of the molecule is CC(C)C[C@H](NC(=O)[C@@H](N)CC(C)C)C(=O)N[C@H](C(=O)N1CCC[C@H]1C(=O)N[C@@H](Cc1ccc(O)cc1)C(=O)N[C@@H](Cc1ccccc1)C(=O)N[C@@H](CO)C(=O)N[C@@H](Cc1c[nH]c2ccccc12)C(=O)N[C@@H](CCCCN)C(=O)O)C(C)C. The van der Waals surface area contributed by atoms with Crippen molar-refractivity contribution in [2.45, 2.75) is 160 Å². The van der Waals surface area contributed by atoms with Crippen molar-refractivity contribution < 1.29 is 58.5 Å². The van der Waals surface area contributed by atoms with Gasteiger partial charge in [0.2, 0.25) is 47.3 Å².